The molecule has 1 saturated carbocycles. The Bertz CT molecular complexity index is 1270. The van der Waals surface area contributed by atoms with Gasteiger partial charge in [0.1, 0.15) is 5.69 Å². The molecule has 0 amide bonds. The molecule has 2 N–H and O–H groups in total. The van der Waals surface area contributed by atoms with Gasteiger partial charge in [0.25, 0.3) is 10.0 Å². The maximum absolute atomic E-state index is 13.0. The number of rotatable bonds is 7. The second kappa shape index (κ2) is 9.77. The number of aliphatic hydroxyl groups excluding tert-OH is 1. The van der Waals surface area contributed by atoms with Crippen LogP contribution in [0, 0.1) is 32.6 Å². The number of benzene rings is 1. The second-order valence-electron chi connectivity index (χ2n) is 8.77. The van der Waals surface area contributed by atoms with Crippen LogP contribution in [-0.2, 0) is 10.0 Å². The van der Waals surface area contributed by atoms with Gasteiger partial charge >= 0.3 is 5.69 Å². The van der Waals surface area contributed by atoms with E-state index in [0.717, 1.165) is 51.8 Å². The Kier molecular flexibility index (Phi) is 7.18. The molecule has 2 aliphatic heterocycles. The van der Waals surface area contributed by atoms with E-state index in [9.17, 15) is 18.3 Å². The van der Waals surface area contributed by atoms with Crippen molar-refractivity contribution in [3.63, 3.8) is 0 Å². The molecule has 0 aromatic heterocycles. The fourth-order valence-electron chi connectivity index (χ4n) is 4.30. The molecule has 1 aromatic carbocycles. The zero-order valence-electron chi connectivity index (χ0n) is 19.0. The number of fused-ring (bicyclic) bond motifs is 1. The fraction of sp³-hybridized carbons (Fsp3) is 0.478. The van der Waals surface area contributed by atoms with Crippen LogP contribution in [0.3, 0.4) is 0 Å². The fourth-order valence-corrected chi connectivity index (χ4v) is 7.94. The summed E-state index contributed by atoms with van der Waals surface area (Å²) in [6.45, 7) is 5.93. The molecule has 10 heteroatoms. The predicted octanol–water partition coefficient (Wildman–Crippen LogP) is 4.35. The van der Waals surface area contributed by atoms with Crippen molar-refractivity contribution in [3.8, 4) is 5.69 Å². The minimum atomic E-state index is -3.89. The van der Waals surface area contributed by atoms with Crippen LogP contribution in [-0.4, -0.2) is 35.4 Å². The third-order valence-electron chi connectivity index (χ3n) is 6.29. The maximum Gasteiger partial charge on any atom is 0.354 e. The van der Waals surface area contributed by atoms with Crippen LogP contribution in [0.25, 0.3) is 5.69 Å². The smallest absolute Gasteiger partial charge is 0.354 e. The summed E-state index contributed by atoms with van der Waals surface area (Å²) in [6, 6.07) is 6.56. The predicted molar refractivity (Wildman–Crippen MR) is 134 cm³/mol. The van der Waals surface area contributed by atoms with E-state index in [1.54, 1.807) is 47.4 Å². The standard InChI is InChI=1S/C23H29N3O4S3/c1-14-7-9-19(10-8-14)33(29,30)25-21-20-22(31-13-18-6-4-5-17(11-18)12-27)32-16(3)15(2)26(20)23(28)24-21/h7-10,17-18,27H,4-6,11-13H2,1-3H3,(H,24,25,28). The first-order chi connectivity index (χ1) is 15.7. The lowest BCUT2D eigenvalue weighted by Gasteiger charge is -2.27. The van der Waals surface area contributed by atoms with E-state index in [0.29, 0.717) is 17.5 Å². The summed E-state index contributed by atoms with van der Waals surface area (Å²) >= 11 is 3.20. The number of nitrogens with zero attached hydrogens (tertiary/aromatic N) is 2. The monoisotopic (exact) mass is 507 g/mol. The first-order valence-corrected chi connectivity index (χ1v) is 14.3. The van der Waals surface area contributed by atoms with Gasteiger partial charge in [-0.15, -0.1) is 23.1 Å². The van der Waals surface area contributed by atoms with E-state index in [-0.39, 0.29) is 17.3 Å². The maximum atomic E-state index is 13.0. The molecule has 3 aliphatic rings. The summed E-state index contributed by atoms with van der Waals surface area (Å²) in [4.78, 5) is 18.0. The van der Waals surface area contributed by atoms with Gasteiger partial charge in [-0.3, -0.25) is 9.29 Å². The lowest BCUT2D eigenvalue weighted by Crippen LogP contribution is -2.20. The van der Waals surface area contributed by atoms with Gasteiger partial charge in [-0.1, -0.05) is 24.1 Å². The highest BCUT2D eigenvalue weighted by Gasteiger charge is 2.28. The number of thioether (sulfide) groups is 1. The van der Waals surface area contributed by atoms with Gasteiger partial charge in [-0.05, 0) is 64.0 Å². The van der Waals surface area contributed by atoms with E-state index in [2.05, 4.69) is 9.71 Å². The minimum absolute atomic E-state index is 0.0688. The van der Waals surface area contributed by atoms with Crippen molar-refractivity contribution in [2.45, 2.75) is 55.6 Å². The molecule has 1 aliphatic carbocycles. The molecule has 2 atom stereocenters. The third kappa shape index (κ3) is 5.13. The quantitative estimate of drug-likeness (QED) is 0.461. The van der Waals surface area contributed by atoms with Gasteiger partial charge in [0, 0.05) is 22.9 Å². The van der Waals surface area contributed by atoms with Gasteiger partial charge in [0.05, 0.1) is 9.10 Å². The first-order valence-electron chi connectivity index (χ1n) is 11.1. The molecule has 7 nitrogen and oxygen atoms in total. The van der Waals surface area contributed by atoms with Crippen molar-refractivity contribution >= 4 is 38.9 Å². The summed E-state index contributed by atoms with van der Waals surface area (Å²) < 4.78 is 31.0. The highest BCUT2D eigenvalue weighted by molar-refractivity contribution is 8.01. The van der Waals surface area contributed by atoms with Crippen LogP contribution in [0.5, 0.6) is 0 Å². The Labute approximate surface area is 202 Å². The van der Waals surface area contributed by atoms with Crippen molar-refractivity contribution in [2.75, 3.05) is 17.1 Å². The van der Waals surface area contributed by atoms with E-state index in [1.807, 2.05) is 20.8 Å². The largest absolute Gasteiger partial charge is 0.396 e. The number of aliphatic hydroxyl groups is 1. The van der Waals surface area contributed by atoms with Crippen molar-refractivity contribution in [2.24, 2.45) is 11.8 Å². The van der Waals surface area contributed by atoms with Crippen molar-refractivity contribution in [1.29, 1.82) is 0 Å². The first kappa shape index (κ1) is 24.3. The molecule has 178 valence electrons. The van der Waals surface area contributed by atoms with E-state index >= 15 is 0 Å². The molecule has 1 aromatic rings. The highest BCUT2D eigenvalue weighted by Crippen LogP contribution is 2.41. The summed E-state index contributed by atoms with van der Waals surface area (Å²) in [6.07, 6.45) is 4.30. The topological polar surface area (TPSA) is 101 Å². The number of aromatic nitrogens is 2. The second-order valence-corrected chi connectivity index (χ2v) is 13.0. The molecule has 33 heavy (non-hydrogen) atoms. The van der Waals surface area contributed by atoms with Crippen LogP contribution < -0.4 is 10.4 Å². The lowest BCUT2D eigenvalue weighted by atomic mass is 9.83. The Hall–Kier alpha value is -1.88. The summed E-state index contributed by atoms with van der Waals surface area (Å²) in [5.41, 5.74) is 1.75. The van der Waals surface area contributed by atoms with Crippen molar-refractivity contribution in [3.05, 3.63) is 50.9 Å². The van der Waals surface area contributed by atoms with E-state index in [4.69, 9.17) is 0 Å². The normalized spacial score (nSPS) is 19.2. The number of aryl methyl sites for hydroxylation is 2. The van der Waals surface area contributed by atoms with Crippen LogP contribution in [0.2, 0.25) is 0 Å². The Balaban J connectivity index is 1.68. The minimum Gasteiger partial charge on any atom is -0.396 e. The summed E-state index contributed by atoms with van der Waals surface area (Å²) in [7, 11) is -3.89. The van der Waals surface area contributed by atoms with Gasteiger partial charge in [0.15, 0.2) is 5.82 Å². The zero-order valence-corrected chi connectivity index (χ0v) is 21.4. The van der Waals surface area contributed by atoms with E-state index < -0.39 is 15.7 Å². The number of imidazole rings is 1. The van der Waals surface area contributed by atoms with Crippen LogP contribution in [0.1, 0.15) is 41.8 Å². The summed E-state index contributed by atoms with van der Waals surface area (Å²) in [5, 5.41) is 9.54. The van der Waals surface area contributed by atoms with Crippen molar-refractivity contribution < 1.29 is 13.5 Å². The van der Waals surface area contributed by atoms with Gasteiger partial charge in [-0.2, -0.15) is 4.98 Å². The van der Waals surface area contributed by atoms with Gasteiger partial charge < -0.3 is 5.11 Å². The molecule has 1 fully saturated rings. The molecule has 2 unspecified atom stereocenters. The zero-order chi connectivity index (χ0) is 23.8. The number of sulfonamides is 1. The molecule has 0 spiro atoms. The number of nitrogens with one attached hydrogen (secondary N) is 1. The number of hydrogen-bond donors (Lipinski definition) is 2. The Morgan fingerprint density at radius 1 is 1.18 bits per heavy atom. The SMILES string of the molecule is Cc1ccc(S(=O)(=O)Nc2nc(=O)n3c(C)c(C)sc(SCC4CCCC(CO)C4)c2-3)cc1. The Morgan fingerprint density at radius 3 is 2.58 bits per heavy atom. The number of anilines is 1. The molecule has 0 saturated heterocycles. The highest BCUT2D eigenvalue weighted by atomic mass is 32.2. The molecular formula is C23H29N3O4S3. The molecular weight excluding hydrogens is 478 g/mol. The molecule has 4 rings (SSSR count). The van der Waals surface area contributed by atoms with Gasteiger partial charge in [0.2, 0.25) is 0 Å². The Morgan fingerprint density at radius 2 is 1.88 bits per heavy atom. The average molecular weight is 508 g/mol. The average Bonchev–Trinajstić information content (AvgIpc) is 3.11. The van der Waals surface area contributed by atoms with Crippen molar-refractivity contribution in [1.82, 2.24) is 9.55 Å². The lowest BCUT2D eigenvalue weighted by molar-refractivity contribution is 0.167. The molecule has 0 bridgehead atoms. The van der Waals surface area contributed by atoms with Crippen LogP contribution >= 0.6 is 23.1 Å². The summed E-state index contributed by atoms with van der Waals surface area (Å²) in [5.74, 6) is 1.76. The molecule has 2 heterocycles. The van der Waals surface area contributed by atoms with Gasteiger partial charge in [-0.25, -0.2) is 13.2 Å². The molecule has 0 radical (unpaired) electrons. The number of hydrogen-bond acceptors (Lipinski definition) is 7. The van der Waals surface area contributed by atoms with Crippen LogP contribution in [0.15, 0.2) is 38.2 Å². The third-order valence-corrected chi connectivity index (χ3v) is 10.3. The van der Waals surface area contributed by atoms with E-state index in [1.165, 1.54) is 4.57 Å². The van der Waals surface area contributed by atoms with Crippen LogP contribution in [0.4, 0.5) is 5.82 Å².